The van der Waals surface area contributed by atoms with Gasteiger partial charge < -0.3 is 10.1 Å². The van der Waals surface area contributed by atoms with Crippen molar-refractivity contribution in [2.24, 2.45) is 11.3 Å². The van der Waals surface area contributed by atoms with Gasteiger partial charge in [-0.25, -0.2) is 0 Å². The van der Waals surface area contributed by atoms with E-state index in [-0.39, 0.29) is 11.3 Å². The summed E-state index contributed by atoms with van der Waals surface area (Å²) in [6, 6.07) is 0. The Balaban J connectivity index is 2.76. The first-order chi connectivity index (χ1) is 5.99. The highest BCUT2D eigenvalue weighted by molar-refractivity contribution is 6.00. The van der Waals surface area contributed by atoms with Crippen LogP contribution in [-0.2, 0) is 14.3 Å². The topological polar surface area (TPSA) is 55.4 Å². The van der Waals surface area contributed by atoms with Crippen LogP contribution in [0.4, 0.5) is 0 Å². The SMILES string of the molecule is CCOC(=O)[C@H]1C(=O)NCC1(C)C. The normalized spacial score (nSPS) is 25.5. The standard InChI is InChI=1S/C9H15NO3/c1-4-13-8(12)6-7(11)10-5-9(6,2)3/h6H,4-5H2,1-3H3,(H,10,11)/t6-/m1/s1. The zero-order valence-electron chi connectivity index (χ0n) is 8.22. The summed E-state index contributed by atoms with van der Waals surface area (Å²) in [5, 5.41) is 2.66. The average molecular weight is 185 g/mol. The first-order valence-electron chi connectivity index (χ1n) is 4.43. The molecule has 13 heavy (non-hydrogen) atoms. The molecule has 1 amide bonds. The van der Waals surface area contributed by atoms with E-state index in [0.29, 0.717) is 13.2 Å². The van der Waals surface area contributed by atoms with E-state index < -0.39 is 11.9 Å². The zero-order chi connectivity index (χ0) is 10.1. The molecular weight excluding hydrogens is 170 g/mol. The lowest BCUT2D eigenvalue weighted by Crippen LogP contribution is -2.33. The van der Waals surface area contributed by atoms with Crippen LogP contribution in [-0.4, -0.2) is 25.0 Å². The molecule has 0 aromatic carbocycles. The Hall–Kier alpha value is -1.06. The first kappa shape index (κ1) is 10.0. The minimum absolute atomic E-state index is 0.219. The molecule has 1 N–H and O–H groups in total. The Bertz CT molecular complexity index is 235. The predicted octanol–water partition coefficient (Wildman–Crippen LogP) is 0.322. The van der Waals surface area contributed by atoms with Gasteiger partial charge in [0.05, 0.1) is 6.61 Å². The Morgan fingerprint density at radius 1 is 1.69 bits per heavy atom. The highest BCUT2D eigenvalue weighted by Crippen LogP contribution is 2.31. The van der Waals surface area contributed by atoms with Gasteiger partial charge in [0, 0.05) is 12.0 Å². The highest BCUT2D eigenvalue weighted by Gasteiger charge is 2.46. The monoisotopic (exact) mass is 185 g/mol. The molecule has 0 aromatic rings. The summed E-state index contributed by atoms with van der Waals surface area (Å²) < 4.78 is 4.83. The summed E-state index contributed by atoms with van der Waals surface area (Å²) in [4.78, 5) is 22.7. The number of carbonyl (C=O) groups is 2. The fourth-order valence-corrected chi connectivity index (χ4v) is 1.53. The average Bonchev–Trinajstić information content (AvgIpc) is 2.26. The Labute approximate surface area is 77.6 Å². The van der Waals surface area contributed by atoms with Crippen LogP contribution in [0.15, 0.2) is 0 Å². The number of hydrogen-bond acceptors (Lipinski definition) is 3. The van der Waals surface area contributed by atoms with Gasteiger partial charge in [-0.1, -0.05) is 13.8 Å². The van der Waals surface area contributed by atoms with Crippen LogP contribution in [0.5, 0.6) is 0 Å². The van der Waals surface area contributed by atoms with Crippen molar-refractivity contribution >= 4 is 11.9 Å². The van der Waals surface area contributed by atoms with Crippen molar-refractivity contribution in [3.63, 3.8) is 0 Å². The van der Waals surface area contributed by atoms with Crippen molar-refractivity contribution in [1.29, 1.82) is 0 Å². The maximum Gasteiger partial charge on any atom is 0.319 e. The number of carbonyl (C=O) groups excluding carboxylic acids is 2. The predicted molar refractivity (Wildman–Crippen MR) is 46.9 cm³/mol. The van der Waals surface area contributed by atoms with Gasteiger partial charge >= 0.3 is 5.97 Å². The molecule has 1 fully saturated rings. The number of ether oxygens (including phenoxy) is 1. The molecule has 1 aliphatic heterocycles. The van der Waals surface area contributed by atoms with E-state index in [0.717, 1.165) is 0 Å². The third-order valence-electron chi connectivity index (χ3n) is 2.28. The van der Waals surface area contributed by atoms with Crippen LogP contribution in [0, 0.1) is 11.3 Å². The quantitative estimate of drug-likeness (QED) is 0.498. The van der Waals surface area contributed by atoms with E-state index >= 15 is 0 Å². The summed E-state index contributed by atoms with van der Waals surface area (Å²) in [6.45, 7) is 6.35. The van der Waals surface area contributed by atoms with Crippen molar-refractivity contribution in [3.05, 3.63) is 0 Å². The van der Waals surface area contributed by atoms with E-state index in [2.05, 4.69) is 5.32 Å². The van der Waals surface area contributed by atoms with Gasteiger partial charge in [-0.2, -0.15) is 0 Å². The number of nitrogens with one attached hydrogen (secondary N) is 1. The first-order valence-corrected chi connectivity index (χ1v) is 4.43. The highest BCUT2D eigenvalue weighted by atomic mass is 16.5. The van der Waals surface area contributed by atoms with E-state index in [4.69, 9.17) is 4.74 Å². The molecule has 1 heterocycles. The Kier molecular flexibility index (Phi) is 2.59. The molecule has 0 spiro atoms. The maximum absolute atomic E-state index is 11.4. The fraction of sp³-hybridized carbons (Fsp3) is 0.778. The molecule has 0 unspecified atom stereocenters. The largest absolute Gasteiger partial charge is 0.465 e. The summed E-state index contributed by atoms with van der Waals surface area (Å²) in [7, 11) is 0. The molecule has 0 radical (unpaired) electrons. The molecule has 0 saturated carbocycles. The van der Waals surface area contributed by atoms with Gasteiger partial charge in [0.2, 0.25) is 5.91 Å². The third kappa shape index (κ3) is 1.82. The van der Waals surface area contributed by atoms with Crippen molar-refractivity contribution in [2.75, 3.05) is 13.2 Å². The molecule has 0 bridgehead atoms. The zero-order valence-corrected chi connectivity index (χ0v) is 8.22. The minimum Gasteiger partial charge on any atom is -0.465 e. The van der Waals surface area contributed by atoms with Gasteiger partial charge in [-0.3, -0.25) is 9.59 Å². The summed E-state index contributed by atoms with van der Waals surface area (Å²) in [5.74, 6) is -1.28. The van der Waals surface area contributed by atoms with Gasteiger partial charge in [-0.05, 0) is 6.92 Å². The van der Waals surface area contributed by atoms with E-state index in [1.807, 2.05) is 13.8 Å². The molecule has 0 aliphatic carbocycles. The van der Waals surface area contributed by atoms with Crippen LogP contribution >= 0.6 is 0 Å². The molecule has 1 aliphatic rings. The van der Waals surface area contributed by atoms with Gasteiger partial charge in [0.15, 0.2) is 0 Å². The maximum atomic E-state index is 11.4. The molecule has 4 nitrogen and oxygen atoms in total. The van der Waals surface area contributed by atoms with Gasteiger partial charge in [0.25, 0.3) is 0 Å². The summed E-state index contributed by atoms with van der Waals surface area (Å²) in [6.07, 6.45) is 0. The lowest BCUT2D eigenvalue weighted by molar-refractivity contribution is -0.153. The van der Waals surface area contributed by atoms with Crippen LogP contribution < -0.4 is 5.32 Å². The van der Waals surface area contributed by atoms with Gasteiger partial charge in [-0.15, -0.1) is 0 Å². The second kappa shape index (κ2) is 3.36. The molecule has 4 heteroatoms. The Morgan fingerprint density at radius 3 is 2.69 bits per heavy atom. The van der Waals surface area contributed by atoms with Crippen molar-refractivity contribution in [1.82, 2.24) is 5.32 Å². The molecule has 1 atom stereocenters. The van der Waals surface area contributed by atoms with E-state index in [1.54, 1.807) is 6.92 Å². The smallest absolute Gasteiger partial charge is 0.319 e. The number of hydrogen-bond donors (Lipinski definition) is 1. The minimum atomic E-state index is -0.646. The van der Waals surface area contributed by atoms with Crippen LogP contribution in [0.2, 0.25) is 0 Å². The molecule has 74 valence electrons. The molecular formula is C9H15NO3. The number of esters is 1. The second-order valence-corrected chi connectivity index (χ2v) is 3.89. The molecule has 0 aromatic heterocycles. The number of rotatable bonds is 2. The van der Waals surface area contributed by atoms with Gasteiger partial charge in [0.1, 0.15) is 5.92 Å². The Morgan fingerprint density at radius 2 is 2.31 bits per heavy atom. The fourth-order valence-electron chi connectivity index (χ4n) is 1.53. The van der Waals surface area contributed by atoms with Crippen LogP contribution in [0.25, 0.3) is 0 Å². The van der Waals surface area contributed by atoms with Crippen LogP contribution in [0.3, 0.4) is 0 Å². The van der Waals surface area contributed by atoms with E-state index in [9.17, 15) is 9.59 Å². The summed E-state index contributed by atoms with van der Waals surface area (Å²) in [5.41, 5.74) is -0.330. The summed E-state index contributed by atoms with van der Waals surface area (Å²) >= 11 is 0. The van der Waals surface area contributed by atoms with Crippen molar-refractivity contribution in [2.45, 2.75) is 20.8 Å². The molecule has 1 saturated heterocycles. The second-order valence-electron chi connectivity index (χ2n) is 3.89. The number of amides is 1. The van der Waals surface area contributed by atoms with Crippen molar-refractivity contribution in [3.8, 4) is 0 Å². The van der Waals surface area contributed by atoms with E-state index in [1.165, 1.54) is 0 Å². The lowest BCUT2D eigenvalue weighted by Gasteiger charge is -2.21. The lowest BCUT2D eigenvalue weighted by atomic mass is 9.82. The van der Waals surface area contributed by atoms with Crippen LogP contribution in [0.1, 0.15) is 20.8 Å². The third-order valence-corrected chi connectivity index (χ3v) is 2.28. The molecule has 1 rings (SSSR count). The van der Waals surface area contributed by atoms with Crippen molar-refractivity contribution < 1.29 is 14.3 Å².